The van der Waals surface area contributed by atoms with Gasteiger partial charge in [0.2, 0.25) is 5.91 Å². The second-order valence-electron chi connectivity index (χ2n) is 4.47. The highest BCUT2D eigenvalue weighted by molar-refractivity contribution is 5.92. The number of ether oxygens (including phenoxy) is 2. The summed E-state index contributed by atoms with van der Waals surface area (Å²) >= 11 is 0. The number of nitrogens with zero attached hydrogens (tertiary/aromatic N) is 4. The van der Waals surface area contributed by atoms with Crippen molar-refractivity contribution in [1.29, 1.82) is 0 Å². The van der Waals surface area contributed by atoms with Crippen LogP contribution in [-0.4, -0.2) is 39.3 Å². The Labute approximate surface area is 128 Å². The van der Waals surface area contributed by atoms with Crippen LogP contribution < -0.4 is 14.8 Å². The summed E-state index contributed by atoms with van der Waals surface area (Å²) in [7, 11) is 1.69. The van der Waals surface area contributed by atoms with E-state index in [0.29, 0.717) is 36.2 Å². The molecule has 2 rings (SSSR count). The molecule has 8 heteroatoms. The van der Waals surface area contributed by atoms with Crippen molar-refractivity contribution >= 4 is 11.6 Å². The summed E-state index contributed by atoms with van der Waals surface area (Å²) in [5.74, 6) is 1.54. The predicted octanol–water partition coefficient (Wildman–Crippen LogP) is 1.19. The van der Waals surface area contributed by atoms with Gasteiger partial charge in [-0.1, -0.05) is 0 Å². The van der Waals surface area contributed by atoms with Gasteiger partial charge in [0, 0.05) is 18.8 Å². The number of carbonyl (C=O) groups excluding carboxylic acids is 1. The average molecular weight is 305 g/mol. The standard InChI is InChI=1S/C14H19N5O3/c1-4-21-11-7-6-10(8-12(11)22-5-2)15-14(20)9-13-16-17-18-19(13)3/h6-8H,4-5,9H2,1-3H3,(H,15,20). The van der Waals surface area contributed by atoms with E-state index in [1.807, 2.05) is 13.8 Å². The maximum atomic E-state index is 12.0. The van der Waals surface area contributed by atoms with Crippen molar-refractivity contribution in [3.63, 3.8) is 0 Å². The van der Waals surface area contributed by atoms with Gasteiger partial charge in [0.15, 0.2) is 17.3 Å². The minimum Gasteiger partial charge on any atom is -0.490 e. The first kappa shape index (κ1) is 15.7. The Morgan fingerprint density at radius 3 is 2.59 bits per heavy atom. The van der Waals surface area contributed by atoms with Crippen molar-refractivity contribution < 1.29 is 14.3 Å². The van der Waals surface area contributed by atoms with E-state index in [9.17, 15) is 4.79 Å². The summed E-state index contributed by atoms with van der Waals surface area (Å²) in [5.41, 5.74) is 0.632. The molecule has 0 bridgehead atoms. The van der Waals surface area contributed by atoms with Crippen LogP contribution in [0.1, 0.15) is 19.7 Å². The highest BCUT2D eigenvalue weighted by atomic mass is 16.5. The first-order chi connectivity index (χ1) is 10.6. The lowest BCUT2D eigenvalue weighted by Gasteiger charge is -2.12. The topological polar surface area (TPSA) is 91.2 Å². The van der Waals surface area contributed by atoms with E-state index < -0.39 is 0 Å². The van der Waals surface area contributed by atoms with Gasteiger partial charge in [-0.2, -0.15) is 0 Å². The lowest BCUT2D eigenvalue weighted by molar-refractivity contribution is -0.115. The van der Waals surface area contributed by atoms with E-state index in [1.165, 1.54) is 4.68 Å². The highest BCUT2D eigenvalue weighted by Crippen LogP contribution is 2.30. The average Bonchev–Trinajstić information content (AvgIpc) is 2.87. The molecular formula is C14H19N5O3. The Morgan fingerprint density at radius 2 is 1.95 bits per heavy atom. The van der Waals surface area contributed by atoms with E-state index in [0.717, 1.165) is 0 Å². The molecule has 2 aromatic rings. The number of anilines is 1. The van der Waals surface area contributed by atoms with Crippen molar-refractivity contribution in [3.05, 3.63) is 24.0 Å². The van der Waals surface area contributed by atoms with Gasteiger partial charge in [-0.15, -0.1) is 5.10 Å². The molecule has 1 N–H and O–H groups in total. The van der Waals surface area contributed by atoms with Gasteiger partial charge in [0.25, 0.3) is 0 Å². The molecule has 0 radical (unpaired) electrons. The minimum atomic E-state index is -0.204. The van der Waals surface area contributed by atoms with Gasteiger partial charge < -0.3 is 14.8 Å². The van der Waals surface area contributed by atoms with Crippen LogP contribution in [0.2, 0.25) is 0 Å². The monoisotopic (exact) mass is 305 g/mol. The number of benzene rings is 1. The molecule has 0 saturated carbocycles. The molecule has 1 amide bonds. The van der Waals surface area contributed by atoms with Crippen LogP contribution in [0, 0.1) is 0 Å². The van der Waals surface area contributed by atoms with Gasteiger partial charge in [0.05, 0.1) is 19.6 Å². The zero-order valence-electron chi connectivity index (χ0n) is 12.9. The van der Waals surface area contributed by atoms with Crippen LogP contribution in [0.25, 0.3) is 0 Å². The molecule has 0 aliphatic heterocycles. The van der Waals surface area contributed by atoms with E-state index >= 15 is 0 Å². The molecule has 0 fully saturated rings. The third-order valence-corrected chi connectivity index (χ3v) is 2.85. The molecule has 0 atom stereocenters. The molecule has 0 unspecified atom stereocenters. The van der Waals surface area contributed by atoms with Crippen LogP contribution >= 0.6 is 0 Å². The second kappa shape index (κ2) is 7.39. The molecular weight excluding hydrogens is 286 g/mol. The van der Waals surface area contributed by atoms with Gasteiger partial charge >= 0.3 is 0 Å². The lowest BCUT2D eigenvalue weighted by Crippen LogP contribution is -2.17. The molecule has 1 heterocycles. The minimum absolute atomic E-state index is 0.0979. The van der Waals surface area contributed by atoms with Crippen molar-refractivity contribution in [2.24, 2.45) is 7.05 Å². The smallest absolute Gasteiger partial charge is 0.232 e. The summed E-state index contributed by atoms with van der Waals surface area (Å²) < 4.78 is 12.5. The van der Waals surface area contributed by atoms with Gasteiger partial charge in [0.1, 0.15) is 0 Å². The van der Waals surface area contributed by atoms with Crippen molar-refractivity contribution in [2.75, 3.05) is 18.5 Å². The van der Waals surface area contributed by atoms with Crippen molar-refractivity contribution in [1.82, 2.24) is 20.2 Å². The van der Waals surface area contributed by atoms with Crippen molar-refractivity contribution in [2.45, 2.75) is 20.3 Å². The van der Waals surface area contributed by atoms with E-state index in [-0.39, 0.29) is 12.3 Å². The van der Waals surface area contributed by atoms with E-state index in [1.54, 1.807) is 25.2 Å². The summed E-state index contributed by atoms with van der Waals surface area (Å²) in [6.45, 7) is 4.86. The third kappa shape index (κ3) is 3.94. The molecule has 1 aromatic carbocycles. The van der Waals surface area contributed by atoms with Crippen molar-refractivity contribution in [3.8, 4) is 11.5 Å². The van der Waals surface area contributed by atoms with Gasteiger partial charge in [-0.3, -0.25) is 4.79 Å². The van der Waals surface area contributed by atoms with Crippen LogP contribution in [0.5, 0.6) is 11.5 Å². The zero-order valence-corrected chi connectivity index (χ0v) is 12.9. The van der Waals surface area contributed by atoms with Crippen LogP contribution in [0.15, 0.2) is 18.2 Å². The number of rotatable bonds is 7. The van der Waals surface area contributed by atoms with Crippen LogP contribution in [0.4, 0.5) is 5.69 Å². The number of aryl methyl sites for hydroxylation is 1. The summed E-state index contributed by atoms with van der Waals surface area (Å²) in [5, 5.41) is 13.8. The number of nitrogens with one attached hydrogen (secondary N) is 1. The first-order valence-corrected chi connectivity index (χ1v) is 7.04. The second-order valence-corrected chi connectivity index (χ2v) is 4.47. The quantitative estimate of drug-likeness (QED) is 0.826. The Kier molecular flexibility index (Phi) is 5.29. The van der Waals surface area contributed by atoms with Crippen LogP contribution in [-0.2, 0) is 18.3 Å². The number of tetrazole rings is 1. The summed E-state index contributed by atoms with van der Waals surface area (Å²) in [6.07, 6.45) is 0.0979. The van der Waals surface area contributed by atoms with E-state index in [2.05, 4.69) is 20.8 Å². The van der Waals surface area contributed by atoms with Gasteiger partial charge in [-0.05, 0) is 36.4 Å². The van der Waals surface area contributed by atoms with Crippen LogP contribution in [0.3, 0.4) is 0 Å². The van der Waals surface area contributed by atoms with Gasteiger partial charge in [-0.25, -0.2) is 4.68 Å². The largest absolute Gasteiger partial charge is 0.490 e. The number of amides is 1. The third-order valence-electron chi connectivity index (χ3n) is 2.85. The number of aromatic nitrogens is 4. The maximum Gasteiger partial charge on any atom is 0.232 e. The molecule has 1 aromatic heterocycles. The summed E-state index contributed by atoms with van der Waals surface area (Å²) in [6, 6.07) is 5.27. The Balaban J connectivity index is 2.07. The molecule has 118 valence electrons. The maximum absolute atomic E-state index is 12.0. The molecule has 0 saturated heterocycles. The Hall–Kier alpha value is -2.64. The fourth-order valence-corrected chi connectivity index (χ4v) is 1.88. The first-order valence-electron chi connectivity index (χ1n) is 7.04. The zero-order chi connectivity index (χ0) is 15.9. The molecule has 8 nitrogen and oxygen atoms in total. The number of hydrogen-bond acceptors (Lipinski definition) is 6. The molecule has 0 aliphatic carbocycles. The van der Waals surface area contributed by atoms with E-state index in [4.69, 9.17) is 9.47 Å². The molecule has 22 heavy (non-hydrogen) atoms. The lowest BCUT2D eigenvalue weighted by atomic mass is 10.2. The molecule has 0 aliphatic rings. The fourth-order valence-electron chi connectivity index (χ4n) is 1.88. The SMILES string of the molecule is CCOc1ccc(NC(=O)Cc2nnnn2C)cc1OCC. The Bertz CT molecular complexity index is 641. The predicted molar refractivity (Wildman–Crippen MR) is 79.9 cm³/mol. The molecule has 0 spiro atoms. The number of carbonyl (C=O) groups is 1. The normalized spacial score (nSPS) is 10.3. The Morgan fingerprint density at radius 1 is 1.23 bits per heavy atom. The summed E-state index contributed by atoms with van der Waals surface area (Å²) in [4.78, 5) is 12.0. The highest BCUT2D eigenvalue weighted by Gasteiger charge is 2.11. The fraction of sp³-hybridized carbons (Fsp3) is 0.429. The number of hydrogen-bond donors (Lipinski definition) is 1.